The van der Waals surface area contributed by atoms with Crippen LogP contribution in [0, 0.1) is 0 Å². The highest BCUT2D eigenvalue weighted by atomic mass is 35.5. The summed E-state index contributed by atoms with van der Waals surface area (Å²) in [6.45, 7) is 1.12. The maximum atomic E-state index is 11.8. The van der Waals surface area contributed by atoms with Crippen LogP contribution in [0.25, 0.3) is 0 Å². The van der Waals surface area contributed by atoms with Crippen LogP contribution in [0.2, 0.25) is 5.15 Å². The van der Waals surface area contributed by atoms with Crippen molar-refractivity contribution in [1.82, 2.24) is 19.9 Å². The lowest BCUT2D eigenvalue weighted by atomic mass is 10.2. The fourth-order valence-electron chi connectivity index (χ4n) is 1.45. The third kappa shape index (κ3) is 2.98. The van der Waals surface area contributed by atoms with Gasteiger partial charge in [0.05, 0.1) is 23.8 Å². The number of carbonyl (C=O) groups is 1. The fourth-order valence-corrected chi connectivity index (χ4v) is 1.61. The lowest BCUT2D eigenvalue weighted by Gasteiger charge is -2.07. The van der Waals surface area contributed by atoms with Crippen molar-refractivity contribution in [1.29, 1.82) is 0 Å². The predicted octanol–water partition coefficient (Wildman–Crippen LogP) is 0.944. The van der Waals surface area contributed by atoms with Gasteiger partial charge >= 0.3 is 0 Å². The zero-order valence-electron chi connectivity index (χ0n) is 9.51. The van der Waals surface area contributed by atoms with E-state index in [1.807, 2.05) is 10.8 Å². The Morgan fingerprint density at radius 2 is 2.39 bits per heavy atom. The van der Waals surface area contributed by atoms with Crippen LogP contribution in [0.1, 0.15) is 10.4 Å². The monoisotopic (exact) mass is 265 g/mol. The van der Waals surface area contributed by atoms with Crippen LogP contribution in [0.4, 0.5) is 5.69 Å². The summed E-state index contributed by atoms with van der Waals surface area (Å²) in [6, 6.07) is 1.45. The highest BCUT2D eigenvalue weighted by Gasteiger charge is 2.10. The number of hydrogen-bond acceptors (Lipinski definition) is 4. The average molecular weight is 266 g/mol. The molecular weight excluding hydrogens is 254 g/mol. The van der Waals surface area contributed by atoms with Crippen LogP contribution in [0.5, 0.6) is 0 Å². The molecule has 0 saturated heterocycles. The zero-order chi connectivity index (χ0) is 13.0. The summed E-state index contributed by atoms with van der Waals surface area (Å²) in [5.74, 6) is -0.267. The van der Waals surface area contributed by atoms with Gasteiger partial charge in [-0.2, -0.15) is 0 Å². The van der Waals surface area contributed by atoms with Crippen molar-refractivity contribution in [3.05, 3.63) is 41.7 Å². The van der Waals surface area contributed by atoms with Gasteiger partial charge in [-0.25, -0.2) is 9.97 Å². The van der Waals surface area contributed by atoms with E-state index < -0.39 is 0 Å². The minimum Gasteiger partial charge on any atom is -0.397 e. The van der Waals surface area contributed by atoms with E-state index >= 15 is 0 Å². The van der Waals surface area contributed by atoms with Crippen molar-refractivity contribution in [3.8, 4) is 0 Å². The highest BCUT2D eigenvalue weighted by Crippen LogP contribution is 2.14. The van der Waals surface area contributed by atoms with Gasteiger partial charge in [0.15, 0.2) is 0 Å². The number of amides is 1. The van der Waals surface area contributed by atoms with Gasteiger partial charge in [0.25, 0.3) is 5.91 Å². The lowest BCUT2D eigenvalue weighted by molar-refractivity contribution is 0.0953. The maximum Gasteiger partial charge on any atom is 0.253 e. The topological polar surface area (TPSA) is 85.8 Å². The smallest absolute Gasteiger partial charge is 0.253 e. The van der Waals surface area contributed by atoms with E-state index in [4.69, 9.17) is 17.3 Å². The zero-order valence-corrected chi connectivity index (χ0v) is 10.3. The van der Waals surface area contributed by atoms with Gasteiger partial charge in [-0.05, 0) is 6.07 Å². The van der Waals surface area contributed by atoms with E-state index in [9.17, 15) is 4.79 Å². The molecule has 3 N–H and O–H groups in total. The number of nitrogens with zero attached hydrogens (tertiary/aromatic N) is 3. The van der Waals surface area contributed by atoms with Crippen molar-refractivity contribution >= 4 is 23.2 Å². The summed E-state index contributed by atoms with van der Waals surface area (Å²) in [5, 5.41) is 2.99. The number of carbonyl (C=O) groups excluding carboxylic acids is 1. The van der Waals surface area contributed by atoms with Gasteiger partial charge in [0.2, 0.25) is 0 Å². The molecule has 7 heteroatoms. The average Bonchev–Trinajstić information content (AvgIpc) is 2.85. The van der Waals surface area contributed by atoms with Crippen LogP contribution in [0.15, 0.2) is 31.0 Å². The standard InChI is InChI=1S/C11H12ClN5O/c12-10-5-8(9(13)6-16-10)11(18)15-2-4-17-3-1-14-7-17/h1,3,5-7H,2,4,13H2,(H,15,18). The molecule has 2 aromatic rings. The van der Waals surface area contributed by atoms with E-state index in [1.54, 1.807) is 12.5 Å². The highest BCUT2D eigenvalue weighted by molar-refractivity contribution is 6.29. The number of aromatic nitrogens is 3. The molecule has 0 radical (unpaired) electrons. The van der Waals surface area contributed by atoms with Crippen molar-refractivity contribution in [2.75, 3.05) is 12.3 Å². The Morgan fingerprint density at radius 1 is 1.56 bits per heavy atom. The molecule has 0 unspecified atom stereocenters. The summed E-state index contributed by atoms with van der Waals surface area (Å²) < 4.78 is 1.86. The molecule has 1 amide bonds. The molecule has 0 aromatic carbocycles. The first-order chi connectivity index (χ1) is 8.66. The Hall–Kier alpha value is -2.08. The molecular formula is C11H12ClN5O. The molecule has 2 rings (SSSR count). The predicted molar refractivity (Wildman–Crippen MR) is 68.2 cm³/mol. The van der Waals surface area contributed by atoms with Crippen LogP contribution < -0.4 is 11.1 Å². The van der Waals surface area contributed by atoms with Gasteiger partial charge in [0.1, 0.15) is 5.15 Å². The van der Waals surface area contributed by atoms with E-state index in [1.165, 1.54) is 12.3 Å². The Kier molecular flexibility index (Phi) is 3.78. The van der Waals surface area contributed by atoms with Gasteiger partial charge in [0, 0.05) is 25.5 Å². The van der Waals surface area contributed by atoms with E-state index in [0.29, 0.717) is 24.3 Å². The molecule has 6 nitrogen and oxygen atoms in total. The van der Waals surface area contributed by atoms with Crippen LogP contribution in [-0.4, -0.2) is 27.0 Å². The molecule has 2 heterocycles. The number of nitrogens with two attached hydrogens (primary N) is 1. The van der Waals surface area contributed by atoms with E-state index in [-0.39, 0.29) is 11.1 Å². The van der Waals surface area contributed by atoms with Crippen molar-refractivity contribution in [3.63, 3.8) is 0 Å². The Morgan fingerprint density at radius 3 is 3.11 bits per heavy atom. The number of nitrogen functional groups attached to an aromatic ring is 1. The van der Waals surface area contributed by atoms with E-state index in [0.717, 1.165) is 0 Å². The molecule has 94 valence electrons. The van der Waals surface area contributed by atoms with Gasteiger partial charge in [-0.1, -0.05) is 11.6 Å². The molecule has 0 aliphatic rings. The molecule has 0 aliphatic heterocycles. The lowest BCUT2D eigenvalue weighted by Crippen LogP contribution is -2.27. The van der Waals surface area contributed by atoms with Crippen molar-refractivity contribution in [2.45, 2.75) is 6.54 Å². The van der Waals surface area contributed by atoms with Crippen LogP contribution in [-0.2, 0) is 6.54 Å². The second-order valence-electron chi connectivity index (χ2n) is 3.65. The number of nitrogens with one attached hydrogen (secondary N) is 1. The van der Waals surface area contributed by atoms with Crippen LogP contribution in [0.3, 0.4) is 0 Å². The number of imidazole rings is 1. The third-order valence-corrected chi connectivity index (χ3v) is 2.57. The quantitative estimate of drug-likeness (QED) is 0.806. The number of anilines is 1. The molecule has 0 aliphatic carbocycles. The molecule has 2 aromatic heterocycles. The van der Waals surface area contributed by atoms with Crippen molar-refractivity contribution < 1.29 is 4.79 Å². The molecule has 0 atom stereocenters. The number of rotatable bonds is 4. The van der Waals surface area contributed by atoms with Crippen molar-refractivity contribution in [2.24, 2.45) is 0 Å². The first kappa shape index (κ1) is 12.4. The Labute approximate surface area is 109 Å². The first-order valence-electron chi connectivity index (χ1n) is 5.32. The summed E-state index contributed by atoms with van der Waals surface area (Å²) in [5.41, 5.74) is 6.30. The summed E-state index contributed by atoms with van der Waals surface area (Å²) in [7, 11) is 0. The Bertz CT molecular complexity index is 540. The minimum absolute atomic E-state index is 0.240. The summed E-state index contributed by atoms with van der Waals surface area (Å²) >= 11 is 5.72. The number of hydrogen-bond donors (Lipinski definition) is 2. The minimum atomic E-state index is -0.267. The Balaban J connectivity index is 1.93. The van der Waals surface area contributed by atoms with Gasteiger partial charge in [-0.15, -0.1) is 0 Å². The van der Waals surface area contributed by atoms with Crippen LogP contribution >= 0.6 is 11.6 Å². The fraction of sp³-hybridized carbons (Fsp3) is 0.182. The second kappa shape index (κ2) is 5.50. The molecule has 0 fully saturated rings. The second-order valence-corrected chi connectivity index (χ2v) is 4.04. The van der Waals surface area contributed by atoms with Gasteiger partial charge in [-0.3, -0.25) is 4.79 Å². The summed E-state index contributed by atoms with van der Waals surface area (Å²) in [4.78, 5) is 19.5. The molecule has 0 saturated carbocycles. The largest absolute Gasteiger partial charge is 0.397 e. The normalized spacial score (nSPS) is 10.3. The molecule has 0 spiro atoms. The SMILES string of the molecule is Nc1cnc(Cl)cc1C(=O)NCCn1ccnc1. The third-order valence-electron chi connectivity index (χ3n) is 2.36. The number of halogens is 1. The molecule has 0 bridgehead atoms. The number of pyridine rings is 1. The molecule has 18 heavy (non-hydrogen) atoms. The first-order valence-corrected chi connectivity index (χ1v) is 5.69. The van der Waals surface area contributed by atoms with E-state index in [2.05, 4.69) is 15.3 Å². The summed E-state index contributed by atoms with van der Waals surface area (Å²) in [6.07, 6.45) is 6.56. The maximum absolute atomic E-state index is 11.8. The van der Waals surface area contributed by atoms with Gasteiger partial charge < -0.3 is 15.6 Å².